The summed E-state index contributed by atoms with van der Waals surface area (Å²) in [5, 5.41) is 12.5. The number of pyridine rings is 2. The molecule has 6 aromatic rings. The van der Waals surface area contributed by atoms with Crippen LogP contribution in [0.25, 0.3) is 56.2 Å². The van der Waals surface area contributed by atoms with E-state index in [2.05, 4.69) is 50.6 Å². The topological polar surface area (TPSA) is 111 Å². The Labute approximate surface area is 201 Å². The lowest BCUT2D eigenvalue weighted by molar-refractivity contribution is 0.768. The van der Waals surface area contributed by atoms with Crippen LogP contribution in [0.5, 0.6) is 0 Å². The minimum Gasteiger partial charge on any atom is -0.326 e. The van der Waals surface area contributed by atoms with Gasteiger partial charge in [0.1, 0.15) is 5.69 Å². The van der Waals surface area contributed by atoms with E-state index in [-0.39, 0.29) is 0 Å². The fourth-order valence-corrected chi connectivity index (χ4v) is 4.17. The van der Waals surface area contributed by atoms with Crippen molar-refractivity contribution >= 4 is 10.9 Å². The first-order chi connectivity index (χ1) is 17.2. The van der Waals surface area contributed by atoms with Crippen LogP contribution in [-0.4, -0.2) is 34.9 Å². The predicted molar refractivity (Wildman–Crippen MR) is 136 cm³/mol. The minimum absolute atomic E-state index is 0.504. The third-order valence-electron chi connectivity index (χ3n) is 5.96. The van der Waals surface area contributed by atoms with E-state index in [1.165, 1.54) is 0 Å². The minimum atomic E-state index is 0.504. The molecule has 4 aromatic heterocycles. The fraction of sp³-hybridized carbons (Fsp3) is 0.0741. The summed E-state index contributed by atoms with van der Waals surface area (Å²) in [5.41, 5.74) is 13.3. The summed E-state index contributed by atoms with van der Waals surface area (Å²) in [5.74, 6) is 1.15. The van der Waals surface area contributed by atoms with Crippen molar-refractivity contribution in [1.82, 2.24) is 34.9 Å². The van der Waals surface area contributed by atoms with E-state index in [0.29, 0.717) is 23.9 Å². The van der Waals surface area contributed by atoms with Gasteiger partial charge in [0.25, 0.3) is 0 Å². The summed E-state index contributed by atoms with van der Waals surface area (Å²) < 4.78 is 1.72. The number of benzene rings is 2. The van der Waals surface area contributed by atoms with Crippen LogP contribution < -0.4 is 5.73 Å². The van der Waals surface area contributed by atoms with Crippen LogP contribution in [-0.2, 0) is 13.6 Å². The van der Waals surface area contributed by atoms with Gasteiger partial charge in [0.05, 0.1) is 23.0 Å². The first kappa shape index (κ1) is 20.9. The number of hydrogen-bond donors (Lipinski definition) is 2. The van der Waals surface area contributed by atoms with Crippen molar-refractivity contribution in [1.29, 1.82) is 0 Å². The quantitative estimate of drug-likeness (QED) is 0.390. The second-order valence-electron chi connectivity index (χ2n) is 8.29. The van der Waals surface area contributed by atoms with Gasteiger partial charge in [0, 0.05) is 42.5 Å². The van der Waals surface area contributed by atoms with Crippen LogP contribution in [0.4, 0.5) is 0 Å². The lowest BCUT2D eigenvalue weighted by atomic mass is 9.96. The number of aromatic amines is 1. The average molecular weight is 459 g/mol. The Morgan fingerprint density at radius 2 is 1.71 bits per heavy atom. The van der Waals surface area contributed by atoms with E-state index in [4.69, 9.17) is 15.7 Å². The van der Waals surface area contributed by atoms with Crippen molar-refractivity contribution in [2.45, 2.75) is 6.54 Å². The number of nitrogens with one attached hydrogen (secondary N) is 1. The van der Waals surface area contributed by atoms with Crippen molar-refractivity contribution < 1.29 is 0 Å². The zero-order valence-electron chi connectivity index (χ0n) is 19.1. The summed E-state index contributed by atoms with van der Waals surface area (Å²) in [7, 11) is 1.86. The fourth-order valence-electron chi connectivity index (χ4n) is 4.17. The summed E-state index contributed by atoms with van der Waals surface area (Å²) in [4.78, 5) is 14.4. The van der Waals surface area contributed by atoms with Gasteiger partial charge in [-0.1, -0.05) is 54.6 Å². The van der Waals surface area contributed by atoms with E-state index >= 15 is 0 Å². The number of aryl methyl sites for hydroxylation is 1. The van der Waals surface area contributed by atoms with Crippen molar-refractivity contribution in [2.24, 2.45) is 12.8 Å². The van der Waals surface area contributed by atoms with Gasteiger partial charge in [0.15, 0.2) is 11.6 Å². The highest BCUT2D eigenvalue weighted by molar-refractivity contribution is 5.97. The van der Waals surface area contributed by atoms with Gasteiger partial charge in [0.2, 0.25) is 0 Å². The molecule has 0 fully saturated rings. The number of nitrogens with zero attached hydrogens (tertiary/aromatic N) is 6. The summed E-state index contributed by atoms with van der Waals surface area (Å²) in [6, 6.07) is 22.5. The number of fused-ring (bicyclic) bond motifs is 1. The summed E-state index contributed by atoms with van der Waals surface area (Å²) in [6.07, 6.45) is 5.36. The molecule has 4 heterocycles. The maximum atomic E-state index is 5.80. The maximum Gasteiger partial charge on any atom is 0.184 e. The van der Waals surface area contributed by atoms with Gasteiger partial charge < -0.3 is 5.73 Å². The second-order valence-corrected chi connectivity index (χ2v) is 8.29. The molecule has 0 aliphatic carbocycles. The zero-order chi connectivity index (χ0) is 23.8. The van der Waals surface area contributed by atoms with E-state index in [1.54, 1.807) is 17.1 Å². The second kappa shape index (κ2) is 8.58. The highest BCUT2D eigenvalue weighted by atomic mass is 15.3. The number of aromatic nitrogens is 7. The molecule has 2 aromatic carbocycles. The average Bonchev–Trinajstić information content (AvgIpc) is 3.57. The van der Waals surface area contributed by atoms with E-state index in [0.717, 1.165) is 44.4 Å². The van der Waals surface area contributed by atoms with Gasteiger partial charge in [-0.15, -0.1) is 0 Å². The molecule has 8 heteroatoms. The molecule has 0 atom stereocenters. The summed E-state index contributed by atoms with van der Waals surface area (Å²) >= 11 is 0. The largest absolute Gasteiger partial charge is 0.326 e. The van der Waals surface area contributed by atoms with Crippen molar-refractivity contribution in [3.63, 3.8) is 0 Å². The molecule has 0 amide bonds. The SMILES string of the molecule is Cn1cc(-c2n[nH]c(-c3nccc4nc(-c5ccc(CN)cc5)c(-c5ccccc5)cc34)n2)cn1. The van der Waals surface area contributed by atoms with Crippen LogP contribution in [0.2, 0.25) is 0 Å². The lowest BCUT2D eigenvalue weighted by Crippen LogP contribution is -1.97. The highest BCUT2D eigenvalue weighted by Gasteiger charge is 2.17. The van der Waals surface area contributed by atoms with Gasteiger partial charge in [-0.25, -0.2) is 9.97 Å². The van der Waals surface area contributed by atoms with Gasteiger partial charge in [-0.2, -0.15) is 10.2 Å². The molecule has 0 spiro atoms. The van der Waals surface area contributed by atoms with Gasteiger partial charge in [-0.05, 0) is 23.3 Å². The number of nitrogens with two attached hydrogens (primary N) is 1. The number of hydrogen-bond acceptors (Lipinski definition) is 6. The van der Waals surface area contributed by atoms with E-state index < -0.39 is 0 Å². The first-order valence-corrected chi connectivity index (χ1v) is 11.3. The standard InChI is InChI=1S/C27H22N8/c1-35-16-20(15-30-35)26-32-27(34-33-26)25-22-13-21(18-5-3-2-4-6-18)24(31-23(22)11-12-29-25)19-9-7-17(14-28)8-10-19/h2-13,15-16H,14,28H2,1H3,(H,32,33,34). The molecule has 0 radical (unpaired) electrons. The highest BCUT2D eigenvalue weighted by Crippen LogP contribution is 2.36. The Bertz CT molecular complexity index is 1630. The molecule has 0 bridgehead atoms. The molecular formula is C27H22N8. The van der Waals surface area contributed by atoms with Gasteiger partial charge in [-0.3, -0.25) is 14.8 Å². The zero-order valence-corrected chi connectivity index (χ0v) is 19.1. The Balaban J connectivity index is 1.54. The predicted octanol–water partition coefficient (Wildman–Crippen LogP) is 4.61. The van der Waals surface area contributed by atoms with E-state index in [1.807, 2.05) is 49.6 Å². The molecule has 6 rings (SSSR count). The molecule has 170 valence electrons. The van der Waals surface area contributed by atoms with E-state index in [9.17, 15) is 0 Å². The van der Waals surface area contributed by atoms with Crippen LogP contribution in [0.3, 0.4) is 0 Å². The van der Waals surface area contributed by atoms with Crippen molar-refractivity contribution in [3.05, 3.63) is 90.9 Å². The van der Waals surface area contributed by atoms with Gasteiger partial charge >= 0.3 is 0 Å². The third kappa shape index (κ3) is 3.85. The monoisotopic (exact) mass is 458 g/mol. The molecule has 8 nitrogen and oxygen atoms in total. The maximum absolute atomic E-state index is 5.80. The molecule has 0 saturated heterocycles. The molecule has 3 N–H and O–H groups in total. The molecule has 0 unspecified atom stereocenters. The Morgan fingerprint density at radius 1 is 0.886 bits per heavy atom. The van der Waals surface area contributed by atoms with Crippen molar-refractivity contribution in [3.8, 4) is 45.3 Å². The van der Waals surface area contributed by atoms with Crippen LogP contribution in [0.1, 0.15) is 5.56 Å². The van der Waals surface area contributed by atoms with Crippen molar-refractivity contribution in [2.75, 3.05) is 0 Å². The third-order valence-corrected chi connectivity index (χ3v) is 5.96. The Kier molecular flexibility index (Phi) is 5.12. The Morgan fingerprint density at radius 3 is 2.46 bits per heavy atom. The number of rotatable bonds is 5. The molecule has 0 aliphatic rings. The summed E-state index contributed by atoms with van der Waals surface area (Å²) in [6.45, 7) is 0.504. The number of H-pyrrole nitrogens is 1. The van der Waals surface area contributed by atoms with Crippen LogP contribution in [0, 0.1) is 0 Å². The van der Waals surface area contributed by atoms with Crippen LogP contribution in [0.15, 0.2) is 85.3 Å². The Hall–Kier alpha value is -4.69. The normalized spacial score (nSPS) is 11.3. The molecule has 0 aliphatic heterocycles. The molecule has 0 saturated carbocycles. The molecule has 35 heavy (non-hydrogen) atoms. The smallest absolute Gasteiger partial charge is 0.184 e. The molecular weight excluding hydrogens is 436 g/mol. The lowest BCUT2D eigenvalue weighted by Gasteiger charge is -2.13. The first-order valence-electron chi connectivity index (χ1n) is 11.3. The van der Waals surface area contributed by atoms with Crippen LogP contribution >= 0.6 is 0 Å².